The van der Waals surface area contributed by atoms with Crippen LogP contribution in [0.4, 0.5) is 0 Å². The van der Waals surface area contributed by atoms with E-state index in [2.05, 4.69) is 13.8 Å². The van der Waals surface area contributed by atoms with Crippen molar-refractivity contribution in [3.63, 3.8) is 0 Å². The summed E-state index contributed by atoms with van der Waals surface area (Å²) >= 11 is 0. The Balaban J connectivity index is 2.31. The molecule has 1 heterocycles. The van der Waals surface area contributed by atoms with Gasteiger partial charge in [0.05, 0.1) is 52.9 Å². The van der Waals surface area contributed by atoms with Crippen LogP contribution in [0.3, 0.4) is 0 Å². The molecule has 0 aromatic heterocycles. The molecule has 2 unspecified atom stereocenters. The Morgan fingerprint density at radius 1 is 1.00 bits per heavy atom. The Hall–Kier alpha value is -0.240. The number of hydrogen-bond donors (Lipinski definition) is 1. The van der Waals surface area contributed by atoms with Crippen LogP contribution in [0.25, 0.3) is 0 Å². The fourth-order valence-electron chi connectivity index (χ4n) is 1.65. The molecule has 120 valence electrons. The smallest absolute Gasteiger partial charge is 0.104 e. The van der Waals surface area contributed by atoms with Crippen molar-refractivity contribution < 1.29 is 28.8 Å². The van der Waals surface area contributed by atoms with E-state index in [1.54, 1.807) is 0 Å². The molecule has 1 aliphatic heterocycles. The molecule has 0 aromatic carbocycles. The van der Waals surface area contributed by atoms with Crippen LogP contribution < -0.4 is 0 Å². The molecule has 20 heavy (non-hydrogen) atoms. The first kappa shape index (κ1) is 17.8. The predicted octanol–water partition coefficient (Wildman–Crippen LogP) is 0.469. The van der Waals surface area contributed by atoms with Crippen molar-refractivity contribution >= 4 is 0 Å². The molecule has 0 aromatic rings. The monoisotopic (exact) mass is 292 g/mol. The molecule has 0 spiro atoms. The van der Waals surface area contributed by atoms with E-state index in [1.807, 2.05) is 0 Å². The molecule has 1 fully saturated rings. The zero-order valence-electron chi connectivity index (χ0n) is 12.6. The van der Waals surface area contributed by atoms with Crippen molar-refractivity contribution in [3.8, 4) is 0 Å². The van der Waals surface area contributed by atoms with Crippen LogP contribution in [0.5, 0.6) is 0 Å². The van der Waals surface area contributed by atoms with Crippen LogP contribution in [0.1, 0.15) is 13.8 Å². The summed E-state index contributed by atoms with van der Waals surface area (Å²) in [6.45, 7) is 8.30. The van der Waals surface area contributed by atoms with Crippen molar-refractivity contribution in [1.29, 1.82) is 0 Å². The van der Waals surface area contributed by atoms with Crippen molar-refractivity contribution in [2.24, 2.45) is 5.92 Å². The second kappa shape index (κ2) is 11.4. The molecule has 6 nitrogen and oxygen atoms in total. The summed E-state index contributed by atoms with van der Waals surface area (Å²) in [5.74, 6) is 0.484. The van der Waals surface area contributed by atoms with Crippen molar-refractivity contribution in [2.45, 2.75) is 26.1 Å². The lowest BCUT2D eigenvalue weighted by molar-refractivity contribution is -0.0930. The lowest BCUT2D eigenvalue weighted by Crippen LogP contribution is -2.32. The van der Waals surface area contributed by atoms with Gasteiger partial charge in [0.25, 0.3) is 0 Å². The molecule has 1 saturated heterocycles. The molecule has 1 N–H and O–H groups in total. The van der Waals surface area contributed by atoms with E-state index in [9.17, 15) is 5.11 Å². The van der Waals surface area contributed by atoms with Crippen molar-refractivity contribution in [1.82, 2.24) is 0 Å². The van der Waals surface area contributed by atoms with Crippen LogP contribution in [0.15, 0.2) is 0 Å². The first-order valence-electron chi connectivity index (χ1n) is 7.29. The summed E-state index contributed by atoms with van der Waals surface area (Å²) in [5, 5.41) is 9.72. The van der Waals surface area contributed by atoms with Crippen LogP contribution in [0.2, 0.25) is 0 Å². The molecule has 2 atom stereocenters. The minimum absolute atomic E-state index is 0.177. The maximum absolute atomic E-state index is 9.72. The highest BCUT2D eigenvalue weighted by Gasteiger charge is 2.14. The van der Waals surface area contributed by atoms with Gasteiger partial charge in [-0.3, -0.25) is 0 Å². The second-order valence-electron chi connectivity index (χ2n) is 5.30. The average Bonchev–Trinajstić information content (AvgIpc) is 2.42. The van der Waals surface area contributed by atoms with E-state index >= 15 is 0 Å². The Morgan fingerprint density at radius 3 is 2.35 bits per heavy atom. The van der Waals surface area contributed by atoms with E-state index in [0.29, 0.717) is 52.2 Å². The molecule has 0 radical (unpaired) electrons. The van der Waals surface area contributed by atoms with Gasteiger partial charge in [0.1, 0.15) is 12.2 Å². The number of ether oxygens (including phenoxy) is 5. The van der Waals surface area contributed by atoms with E-state index < -0.39 is 6.10 Å². The van der Waals surface area contributed by atoms with Gasteiger partial charge in [-0.25, -0.2) is 0 Å². The first-order valence-corrected chi connectivity index (χ1v) is 7.29. The molecule has 0 saturated carbocycles. The summed E-state index contributed by atoms with van der Waals surface area (Å²) < 4.78 is 27.3. The number of aliphatic hydroxyl groups is 1. The van der Waals surface area contributed by atoms with Crippen LogP contribution in [-0.4, -0.2) is 76.8 Å². The highest BCUT2D eigenvalue weighted by atomic mass is 16.6. The second-order valence-corrected chi connectivity index (χ2v) is 5.30. The van der Waals surface area contributed by atoms with Gasteiger partial charge in [-0.2, -0.15) is 0 Å². The Bertz CT molecular complexity index is 224. The molecule has 0 amide bonds. The molecule has 1 rings (SSSR count). The van der Waals surface area contributed by atoms with Gasteiger partial charge in [-0.15, -0.1) is 0 Å². The van der Waals surface area contributed by atoms with Crippen LogP contribution in [-0.2, 0) is 23.7 Å². The van der Waals surface area contributed by atoms with Crippen molar-refractivity contribution in [3.05, 3.63) is 0 Å². The van der Waals surface area contributed by atoms with E-state index in [0.717, 1.165) is 0 Å². The molecule has 0 aliphatic carbocycles. The minimum atomic E-state index is -0.636. The summed E-state index contributed by atoms with van der Waals surface area (Å²) in [5.41, 5.74) is 0. The van der Waals surface area contributed by atoms with Gasteiger partial charge >= 0.3 is 0 Å². The third-order valence-electron chi connectivity index (χ3n) is 2.64. The van der Waals surface area contributed by atoms with Gasteiger partial charge in [0, 0.05) is 6.61 Å². The van der Waals surface area contributed by atoms with Crippen LogP contribution in [0, 0.1) is 5.92 Å². The normalized spacial score (nSPS) is 27.6. The van der Waals surface area contributed by atoms with E-state index in [1.165, 1.54) is 0 Å². The number of aliphatic hydroxyl groups excluding tert-OH is 1. The fourth-order valence-corrected chi connectivity index (χ4v) is 1.65. The highest BCUT2D eigenvalue weighted by Crippen LogP contribution is 2.01. The van der Waals surface area contributed by atoms with Gasteiger partial charge in [-0.1, -0.05) is 13.8 Å². The highest BCUT2D eigenvalue weighted by molar-refractivity contribution is 4.60. The fraction of sp³-hybridized carbons (Fsp3) is 1.00. The number of rotatable bonds is 4. The van der Waals surface area contributed by atoms with Gasteiger partial charge in [0.15, 0.2) is 0 Å². The summed E-state index contributed by atoms with van der Waals surface area (Å²) in [4.78, 5) is 0. The van der Waals surface area contributed by atoms with Crippen LogP contribution >= 0.6 is 0 Å². The molecule has 0 bridgehead atoms. The Kier molecular flexibility index (Phi) is 10.2. The topological polar surface area (TPSA) is 66.4 Å². The lowest BCUT2D eigenvalue weighted by Gasteiger charge is -2.20. The SMILES string of the molecule is CC(C)COCC1COCCOCCOCC(O)CO1. The van der Waals surface area contributed by atoms with Gasteiger partial charge in [-0.05, 0) is 5.92 Å². The van der Waals surface area contributed by atoms with E-state index in [-0.39, 0.29) is 19.3 Å². The number of hydrogen-bond acceptors (Lipinski definition) is 6. The van der Waals surface area contributed by atoms with Gasteiger partial charge < -0.3 is 28.8 Å². The quantitative estimate of drug-likeness (QED) is 0.812. The predicted molar refractivity (Wildman–Crippen MR) is 73.9 cm³/mol. The largest absolute Gasteiger partial charge is 0.388 e. The zero-order chi connectivity index (χ0) is 14.6. The maximum Gasteiger partial charge on any atom is 0.104 e. The summed E-state index contributed by atoms with van der Waals surface area (Å²) in [6, 6.07) is 0. The molecule has 6 heteroatoms. The van der Waals surface area contributed by atoms with Crippen molar-refractivity contribution in [2.75, 3.05) is 59.5 Å². The third-order valence-corrected chi connectivity index (χ3v) is 2.64. The average molecular weight is 292 g/mol. The standard InChI is InChI=1S/C14H28O6/c1-12(2)7-19-11-14-10-18-6-4-16-3-5-17-8-13(15)9-20-14/h12-15H,3-11H2,1-2H3. The summed E-state index contributed by atoms with van der Waals surface area (Å²) in [7, 11) is 0. The zero-order valence-corrected chi connectivity index (χ0v) is 12.6. The maximum atomic E-state index is 9.72. The summed E-state index contributed by atoms with van der Waals surface area (Å²) in [6.07, 6.45) is -0.812. The van der Waals surface area contributed by atoms with Gasteiger partial charge in [0.2, 0.25) is 0 Å². The lowest BCUT2D eigenvalue weighted by atomic mass is 10.2. The molecule has 1 aliphatic rings. The minimum Gasteiger partial charge on any atom is -0.388 e. The molecular formula is C14H28O6. The Labute approximate surface area is 121 Å². The van der Waals surface area contributed by atoms with E-state index in [4.69, 9.17) is 23.7 Å². The Morgan fingerprint density at radius 2 is 1.65 bits per heavy atom. The third kappa shape index (κ3) is 9.63. The molecular weight excluding hydrogens is 264 g/mol. The first-order chi connectivity index (χ1) is 9.68.